The van der Waals surface area contributed by atoms with Crippen molar-refractivity contribution in [3.63, 3.8) is 0 Å². The van der Waals surface area contributed by atoms with E-state index in [2.05, 4.69) is 26.2 Å². The number of hydrogen-bond acceptors (Lipinski definition) is 3. The molecule has 1 aromatic heterocycles. The van der Waals surface area contributed by atoms with E-state index in [1.165, 1.54) is 0 Å². The SMILES string of the molecule is O=C(Nc1ccc2c(Br)ccc3c2c1C(=O)c1ccccc1-3)c1ccccn1. The van der Waals surface area contributed by atoms with E-state index in [1.807, 2.05) is 42.5 Å². The van der Waals surface area contributed by atoms with Crippen LogP contribution < -0.4 is 5.32 Å². The Morgan fingerprint density at radius 3 is 2.43 bits per heavy atom. The van der Waals surface area contributed by atoms with Gasteiger partial charge in [0.1, 0.15) is 5.69 Å². The van der Waals surface area contributed by atoms with Gasteiger partial charge in [0, 0.05) is 21.6 Å². The molecule has 5 rings (SSSR count). The third-order valence-electron chi connectivity index (χ3n) is 4.96. The van der Waals surface area contributed by atoms with Crippen LogP contribution in [0.5, 0.6) is 0 Å². The van der Waals surface area contributed by atoms with E-state index < -0.39 is 0 Å². The number of nitrogens with one attached hydrogen (secondary N) is 1. The van der Waals surface area contributed by atoms with Crippen molar-refractivity contribution in [1.29, 1.82) is 0 Å². The van der Waals surface area contributed by atoms with E-state index >= 15 is 0 Å². The summed E-state index contributed by atoms with van der Waals surface area (Å²) in [5, 5.41) is 4.65. The first-order valence-corrected chi connectivity index (χ1v) is 9.56. The van der Waals surface area contributed by atoms with Crippen molar-refractivity contribution >= 4 is 44.1 Å². The van der Waals surface area contributed by atoms with Crippen LogP contribution in [0.15, 0.2) is 77.4 Å². The van der Waals surface area contributed by atoms with Crippen LogP contribution in [0.3, 0.4) is 0 Å². The summed E-state index contributed by atoms with van der Waals surface area (Å²) >= 11 is 3.58. The van der Waals surface area contributed by atoms with Gasteiger partial charge in [-0.15, -0.1) is 0 Å². The highest BCUT2D eigenvalue weighted by Gasteiger charge is 2.28. The van der Waals surface area contributed by atoms with Crippen molar-refractivity contribution in [2.75, 3.05) is 5.32 Å². The van der Waals surface area contributed by atoms with Crippen LogP contribution in [0.1, 0.15) is 26.4 Å². The molecule has 4 nitrogen and oxygen atoms in total. The average Bonchev–Trinajstić information content (AvgIpc) is 2.74. The summed E-state index contributed by atoms with van der Waals surface area (Å²) in [6, 6.07) is 20.4. The molecule has 1 aliphatic carbocycles. The van der Waals surface area contributed by atoms with E-state index in [-0.39, 0.29) is 11.7 Å². The van der Waals surface area contributed by atoms with Crippen LogP contribution in [-0.4, -0.2) is 16.7 Å². The van der Waals surface area contributed by atoms with Crippen LogP contribution in [0, 0.1) is 0 Å². The summed E-state index contributed by atoms with van der Waals surface area (Å²) in [5.74, 6) is -0.442. The predicted octanol–water partition coefficient (Wildman–Crippen LogP) is 5.46. The fraction of sp³-hybridized carbons (Fsp3) is 0. The zero-order chi connectivity index (χ0) is 19.3. The van der Waals surface area contributed by atoms with Crippen molar-refractivity contribution in [1.82, 2.24) is 4.98 Å². The molecular weight excluding hydrogens is 416 g/mol. The zero-order valence-corrected chi connectivity index (χ0v) is 16.2. The van der Waals surface area contributed by atoms with Crippen molar-refractivity contribution < 1.29 is 9.59 Å². The van der Waals surface area contributed by atoms with Gasteiger partial charge in [-0.05, 0) is 40.8 Å². The number of benzene rings is 3. The Morgan fingerprint density at radius 2 is 1.64 bits per heavy atom. The third-order valence-corrected chi connectivity index (χ3v) is 5.65. The normalized spacial score (nSPS) is 12.0. The number of ketones is 1. The van der Waals surface area contributed by atoms with Gasteiger partial charge in [0.05, 0.1) is 11.3 Å². The molecule has 1 N–H and O–H groups in total. The second kappa shape index (κ2) is 6.39. The minimum absolute atomic E-state index is 0.0943. The zero-order valence-electron chi connectivity index (χ0n) is 14.6. The fourth-order valence-electron chi connectivity index (χ4n) is 3.71. The molecule has 134 valence electrons. The van der Waals surface area contributed by atoms with Gasteiger partial charge in [-0.2, -0.15) is 0 Å². The molecular formula is C23H13BrN2O2. The number of halogens is 1. The molecule has 0 fully saturated rings. The smallest absolute Gasteiger partial charge is 0.274 e. The molecule has 28 heavy (non-hydrogen) atoms. The van der Waals surface area contributed by atoms with E-state index in [0.29, 0.717) is 22.5 Å². The predicted molar refractivity (Wildman–Crippen MR) is 113 cm³/mol. The molecule has 0 radical (unpaired) electrons. The van der Waals surface area contributed by atoms with E-state index in [9.17, 15) is 9.59 Å². The summed E-state index contributed by atoms with van der Waals surface area (Å²) in [5.41, 5.74) is 3.83. The molecule has 0 atom stereocenters. The molecule has 0 saturated heterocycles. The van der Waals surface area contributed by atoms with Crippen LogP contribution in [0.4, 0.5) is 5.69 Å². The van der Waals surface area contributed by atoms with Crippen LogP contribution in [0.2, 0.25) is 0 Å². The lowest BCUT2D eigenvalue weighted by Gasteiger charge is -2.23. The Balaban J connectivity index is 1.75. The fourth-order valence-corrected chi connectivity index (χ4v) is 4.17. The monoisotopic (exact) mass is 428 g/mol. The molecule has 4 aromatic rings. The summed E-state index contributed by atoms with van der Waals surface area (Å²) in [6.07, 6.45) is 1.57. The molecule has 0 bridgehead atoms. The quantitative estimate of drug-likeness (QED) is 0.405. The lowest BCUT2D eigenvalue weighted by Crippen LogP contribution is -2.18. The average molecular weight is 429 g/mol. The van der Waals surface area contributed by atoms with Crippen molar-refractivity contribution in [2.24, 2.45) is 0 Å². The van der Waals surface area contributed by atoms with Crippen LogP contribution in [0.25, 0.3) is 21.9 Å². The molecule has 0 unspecified atom stereocenters. The highest BCUT2D eigenvalue weighted by Crippen LogP contribution is 2.44. The summed E-state index contributed by atoms with van der Waals surface area (Å²) in [7, 11) is 0. The number of hydrogen-bond donors (Lipinski definition) is 1. The summed E-state index contributed by atoms with van der Waals surface area (Å²) in [6.45, 7) is 0. The second-order valence-electron chi connectivity index (χ2n) is 6.55. The number of amides is 1. The number of fused-ring (bicyclic) bond motifs is 2. The highest BCUT2D eigenvalue weighted by molar-refractivity contribution is 9.10. The lowest BCUT2D eigenvalue weighted by molar-refractivity contribution is 0.102. The van der Waals surface area contributed by atoms with Gasteiger partial charge >= 0.3 is 0 Å². The second-order valence-corrected chi connectivity index (χ2v) is 7.40. The number of nitrogens with zero attached hydrogens (tertiary/aromatic N) is 1. The maximum Gasteiger partial charge on any atom is 0.274 e. The van der Waals surface area contributed by atoms with Gasteiger partial charge < -0.3 is 5.32 Å². The molecule has 0 saturated carbocycles. The Hall–Kier alpha value is -3.31. The van der Waals surface area contributed by atoms with Gasteiger partial charge in [0.25, 0.3) is 5.91 Å². The van der Waals surface area contributed by atoms with Gasteiger partial charge in [-0.3, -0.25) is 14.6 Å². The first-order chi connectivity index (χ1) is 13.6. The van der Waals surface area contributed by atoms with Gasteiger partial charge in [0.2, 0.25) is 0 Å². The topological polar surface area (TPSA) is 59.1 Å². The first-order valence-electron chi connectivity index (χ1n) is 8.77. The number of pyridine rings is 1. The third kappa shape index (κ3) is 2.47. The summed E-state index contributed by atoms with van der Waals surface area (Å²) < 4.78 is 0.905. The number of rotatable bonds is 2. The van der Waals surface area contributed by atoms with E-state index in [0.717, 1.165) is 26.4 Å². The largest absolute Gasteiger partial charge is 0.320 e. The van der Waals surface area contributed by atoms with Gasteiger partial charge in [0.15, 0.2) is 5.78 Å². The van der Waals surface area contributed by atoms with Gasteiger partial charge in [-0.25, -0.2) is 0 Å². The number of anilines is 1. The Morgan fingerprint density at radius 1 is 0.857 bits per heavy atom. The van der Waals surface area contributed by atoms with Crippen LogP contribution in [-0.2, 0) is 0 Å². The van der Waals surface area contributed by atoms with E-state index in [4.69, 9.17) is 0 Å². The van der Waals surface area contributed by atoms with Gasteiger partial charge in [-0.1, -0.05) is 58.4 Å². The Labute approximate surface area is 169 Å². The maximum absolute atomic E-state index is 13.4. The minimum atomic E-state index is -0.348. The Bertz CT molecular complexity index is 1280. The van der Waals surface area contributed by atoms with E-state index in [1.54, 1.807) is 30.5 Å². The Kier molecular flexibility index (Phi) is 3.84. The number of carbonyl (C=O) groups excluding carboxylic acids is 2. The lowest BCUT2D eigenvalue weighted by atomic mass is 9.82. The number of aromatic nitrogens is 1. The van der Waals surface area contributed by atoms with Crippen molar-refractivity contribution in [2.45, 2.75) is 0 Å². The molecule has 0 aliphatic heterocycles. The van der Waals surface area contributed by atoms with Crippen molar-refractivity contribution in [3.05, 3.63) is 94.2 Å². The highest BCUT2D eigenvalue weighted by atomic mass is 79.9. The molecule has 1 aliphatic rings. The maximum atomic E-state index is 13.4. The molecule has 5 heteroatoms. The molecule has 3 aromatic carbocycles. The van der Waals surface area contributed by atoms with Crippen molar-refractivity contribution in [3.8, 4) is 11.1 Å². The standard InChI is InChI=1S/C23H13BrN2O2/c24-17-10-8-14-13-5-1-2-6-15(13)22(27)21-18(11-9-16(17)20(14)21)26-23(28)19-7-3-4-12-25-19/h1-12H,(H,26,28). The minimum Gasteiger partial charge on any atom is -0.320 e. The molecule has 1 amide bonds. The number of carbonyl (C=O) groups is 2. The summed E-state index contributed by atoms with van der Waals surface area (Å²) in [4.78, 5) is 30.1. The molecule has 0 spiro atoms. The van der Waals surface area contributed by atoms with Crippen LogP contribution >= 0.6 is 15.9 Å². The first kappa shape index (κ1) is 16.8. The molecule has 1 heterocycles.